The molecule has 2 atom stereocenters. The minimum atomic E-state index is -2.54. The van der Waals surface area contributed by atoms with Crippen molar-refractivity contribution >= 4 is 19.0 Å². The molecule has 0 aliphatic carbocycles. The van der Waals surface area contributed by atoms with Crippen LogP contribution in [0.3, 0.4) is 0 Å². The molecule has 1 heterocycles. The lowest BCUT2D eigenvalue weighted by Gasteiger charge is -2.34. The summed E-state index contributed by atoms with van der Waals surface area (Å²) in [6, 6.07) is 6.90. The molecule has 7 heteroatoms. The maximum atomic E-state index is 11.8. The Balaban J connectivity index is 2.46. The fourth-order valence-electron chi connectivity index (χ4n) is 1.72. The summed E-state index contributed by atoms with van der Waals surface area (Å²) in [5.41, 5.74) is 1.10. The maximum Gasteiger partial charge on any atom is 0.225 e. The van der Waals surface area contributed by atoms with E-state index in [-0.39, 0.29) is 5.17 Å². The van der Waals surface area contributed by atoms with Gasteiger partial charge in [0.1, 0.15) is 0 Å². The molecular weight excluding hydrogens is 243 g/mol. The minimum Gasteiger partial charge on any atom is -0.603 e. The second kappa shape index (κ2) is 5.00. The first-order valence-corrected chi connectivity index (χ1v) is 6.33. The SMILES string of the molecule is CN1C=C([PH](=O)OCO)c2ccccc2[NH+]1[O-]. The van der Waals surface area contributed by atoms with E-state index in [0.717, 1.165) is 0 Å². The van der Waals surface area contributed by atoms with Crippen molar-refractivity contribution in [1.29, 1.82) is 0 Å². The number of fused-ring (bicyclic) bond motifs is 1. The average Bonchev–Trinajstić information content (AvgIpc) is 2.34. The molecule has 2 unspecified atom stereocenters. The number of nitrogens with one attached hydrogen (secondary N) is 1. The summed E-state index contributed by atoms with van der Waals surface area (Å²) in [5, 5.41) is 22.1. The third-order valence-corrected chi connectivity index (χ3v) is 3.74. The van der Waals surface area contributed by atoms with Crippen molar-refractivity contribution in [2.24, 2.45) is 0 Å². The Labute approximate surface area is 99.1 Å². The summed E-state index contributed by atoms with van der Waals surface area (Å²) in [4.78, 5) is 0. The normalized spacial score (nSPS) is 20.8. The van der Waals surface area contributed by atoms with Crippen LogP contribution >= 0.6 is 8.03 Å². The fraction of sp³-hybridized carbons (Fsp3) is 0.200. The summed E-state index contributed by atoms with van der Waals surface area (Å²) in [6.45, 7) is -0.602. The second-order valence-electron chi connectivity index (χ2n) is 3.57. The van der Waals surface area contributed by atoms with Crippen molar-refractivity contribution in [3.63, 3.8) is 0 Å². The maximum absolute atomic E-state index is 11.8. The monoisotopic (exact) mass is 256 g/mol. The molecule has 0 radical (unpaired) electrons. The van der Waals surface area contributed by atoms with Gasteiger partial charge in [0, 0.05) is 6.07 Å². The highest BCUT2D eigenvalue weighted by Gasteiger charge is 2.25. The van der Waals surface area contributed by atoms with E-state index in [1.807, 2.05) is 0 Å². The number of benzene rings is 1. The predicted molar refractivity (Wildman–Crippen MR) is 63.3 cm³/mol. The molecule has 0 amide bonds. The highest BCUT2D eigenvalue weighted by Crippen LogP contribution is 2.43. The van der Waals surface area contributed by atoms with E-state index in [9.17, 15) is 9.77 Å². The number of aliphatic hydroxyl groups is 1. The third-order valence-electron chi connectivity index (χ3n) is 2.51. The lowest BCUT2D eigenvalue weighted by atomic mass is 10.1. The van der Waals surface area contributed by atoms with Crippen LogP contribution in [-0.4, -0.2) is 24.0 Å². The van der Waals surface area contributed by atoms with Crippen molar-refractivity contribution < 1.29 is 19.4 Å². The zero-order valence-corrected chi connectivity index (χ0v) is 10.2. The smallest absolute Gasteiger partial charge is 0.225 e. The van der Waals surface area contributed by atoms with Gasteiger partial charge in [-0.3, -0.25) is 9.09 Å². The number of rotatable bonds is 3. The van der Waals surface area contributed by atoms with Crippen LogP contribution < -0.4 is 5.17 Å². The van der Waals surface area contributed by atoms with E-state index < -0.39 is 14.8 Å². The van der Waals surface area contributed by atoms with Crippen molar-refractivity contribution in [2.45, 2.75) is 0 Å². The van der Waals surface area contributed by atoms with Crippen molar-refractivity contribution in [3.8, 4) is 0 Å². The van der Waals surface area contributed by atoms with Crippen LogP contribution in [0.4, 0.5) is 5.69 Å². The van der Waals surface area contributed by atoms with Gasteiger partial charge in [-0.15, -0.1) is 0 Å². The zero-order valence-electron chi connectivity index (χ0n) is 9.21. The zero-order chi connectivity index (χ0) is 12.4. The molecule has 0 fully saturated rings. The van der Waals surface area contributed by atoms with E-state index >= 15 is 0 Å². The molecule has 0 bridgehead atoms. The van der Waals surface area contributed by atoms with Gasteiger partial charge >= 0.3 is 0 Å². The Morgan fingerprint density at radius 1 is 1.53 bits per heavy atom. The molecule has 0 aromatic heterocycles. The first-order chi connectivity index (χ1) is 8.15. The molecule has 17 heavy (non-hydrogen) atoms. The van der Waals surface area contributed by atoms with Gasteiger partial charge in [-0.1, -0.05) is 12.1 Å². The number of hydrogen-bond donors (Lipinski definition) is 2. The standard InChI is InChI=1S/C10H13N2O4P/c1-11-6-10(17(15)16-7-13)8-4-2-3-5-9(8)12(11)14/h2-6,12-13,17H,7H2,1H3. The molecule has 6 nitrogen and oxygen atoms in total. The second-order valence-corrected chi connectivity index (χ2v) is 4.97. The molecular formula is C10H13N2O4P. The minimum absolute atomic E-state index is 0.150. The fourth-order valence-corrected chi connectivity index (χ4v) is 2.73. The molecule has 2 rings (SSSR count). The van der Waals surface area contributed by atoms with E-state index in [4.69, 9.17) is 9.63 Å². The lowest BCUT2D eigenvalue weighted by molar-refractivity contribution is -0.899. The van der Waals surface area contributed by atoms with Crippen LogP contribution in [0.15, 0.2) is 30.5 Å². The van der Waals surface area contributed by atoms with Gasteiger partial charge in [-0.2, -0.15) is 0 Å². The quantitative estimate of drug-likeness (QED) is 0.462. The highest BCUT2D eigenvalue weighted by atomic mass is 31.1. The molecule has 1 aliphatic heterocycles. The third kappa shape index (κ3) is 2.26. The van der Waals surface area contributed by atoms with Gasteiger partial charge in [0.2, 0.25) is 8.03 Å². The first kappa shape index (κ1) is 12.3. The summed E-state index contributed by atoms with van der Waals surface area (Å²) in [5.74, 6) is 0. The number of hydrogen-bond acceptors (Lipinski definition) is 5. The number of quaternary nitrogens is 1. The van der Waals surface area contributed by atoms with Gasteiger partial charge in [0.25, 0.3) is 0 Å². The van der Waals surface area contributed by atoms with E-state index in [2.05, 4.69) is 0 Å². The van der Waals surface area contributed by atoms with Gasteiger partial charge in [-0.25, -0.2) is 10.2 Å². The Bertz CT molecular complexity index is 477. The molecule has 0 spiro atoms. The predicted octanol–water partition coefficient (Wildman–Crippen LogP) is 0.301. The summed E-state index contributed by atoms with van der Waals surface area (Å²) < 4.78 is 16.5. The van der Waals surface area contributed by atoms with E-state index in [0.29, 0.717) is 16.6 Å². The highest BCUT2D eigenvalue weighted by molar-refractivity contribution is 7.51. The Morgan fingerprint density at radius 3 is 2.94 bits per heavy atom. The van der Waals surface area contributed by atoms with Crippen molar-refractivity contribution in [1.82, 2.24) is 5.01 Å². The topological polar surface area (TPSA) is 77.3 Å². The molecule has 92 valence electrons. The van der Waals surface area contributed by atoms with Gasteiger partial charge < -0.3 is 10.3 Å². The molecule has 1 aliphatic rings. The molecule has 1 aromatic rings. The first-order valence-electron chi connectivity index (χ1n) is 5.01. The molecule has 2 N–H and O–H groups in total. The Hall–Kier alpha value is -1.17. The summed E-state index contributed by atoms with van der Waals surface area (Å²) in [6.07, 6.45) is 1.49. The van der Waals surface area contributed by atoms with Crippen LogP contribution in [0.2, 0.25) is 0 Å². The number of nitrogens with zero attached hydrogens (tertiary/aromatic N) is 1. The van der Waals surface area contributed by atoms with E-state index in [1.165, 1.54) is 11.2 Å². The Kier molecular flexibility index (Phi) is 3.61. The summed E-state index contributed by atoms with van der Waals surface area (Å²) >= 11 is 0. The van der Waals surface area contributed by atoms with Gasteiger partial charge in [0.05, 0.1) is 24.1 Å². The largest absolute Gasteiger partial charge is 0.603 e. The van der Waals surface area contributed by atoms with Crippen LogP contribution in [0.25, 0.3) is 5.31 Å². The lowest BCUT2D eigenvalue weighted by Crippen LogP contribution is -3.08. The summed E-state index contributed by atoms with van der Waals surface area (Å²) in [7, 11) is -0.952. The number of aliphatic hydroxyl groups excluding tert-OH is 1. The van der Waals surface area contributed by atoms with Gasteiger partial charge in [0.15, 0.2) is 12.5 Å². The van der Waals surface area contributed by atoms with Crippen LogP contribution in [0.1, 0.15) is 5.56 Å². The van der Waals surface area contributed by atoms with Crippen molar-refractivity contribution in [3.05, 3.63) is 41.2 Å². The van der Waals surface area contributed by atoms with Crippen molar-refractivity contribution in [2.75, 3.05) is 13.8 Å². The van der Waals surface area contributed by atoms with E-state index in [1.54, 1.807) is 31.3 Å². The van der Waals surface area contributed by atoms with Gasteiger partial charge in [-0.05, 0) is 6.07 Å². The molecule has 0 saturated carbocycles. The Morgan fingerprint density at radius 2 is 2.24 bits per heavy atom. The van der Waals surface area contributed by atoms with Crippen LogP contribution in [-0.2, 0) is 9.09 Å². The average molecular weight is 256 g/mol. The molecule has 0 saturated heterocycles. The van der Waals surface area contributed by atoms with Crippen LogP contribution in [0, 0.1) is 5.21 Å². The van der Waals surface area contributed by atoms with Crippen LogP contribution in [0.5, 0.6) is 0 Å². The molecule has 1 aromatic carbocycles.